The first-order chi connectivity index (χ1) is 7.90. The fourth-order valence-electron chi connectivity index (χ4n) is 1.42. The van der Waals surface area contributed by atoms with E-state index in [1.54, 1.807) is 0 Å². The van der Waals surface area contributed by atoms with Crippen molar-refractivity contribution in [2.24, 2.45) is 11.7 Å². The molecule has 4 N–H and O–H groups in total. The molecule has 0 radical (unpaired) electrons. The van der Waals surface area contributed by atoms with Crippen molar-refractivity contribution in [3.63, 3.8) is 0 Å². The standard InChI is InChI=1S/C11H22N2O4/c1-7(2)4-9(11(15)16)13-10(14)5-8(6-12)17-3/h7-9H,4-6,12H2,1-3H3,(H,13,14)(H,15,16). The minimum Gasteiger partial charge on any atom is -0.480 e. The Balaban J connectivity index is 4.25. The summed E-state index contributed by atoms with van der Waals surface area (Å²) in [6.45, 7) is 4.03. The van der Waals surface area contributed by atoms with Crippen molar-refractivity contribution in [1.82, 2.24) is 5.32 Å². The van der Waals surface area contributed by atoms with Crippen molar-refractivity contribution < 1.29 is 19.4 Å². The van der Waals surface area contributed by atoms with Gasteiger partial charge in [-0.3, -0.25) is 4.79 Å². The van der Waals surface area contributed by atoms with Gasteiger partial charge in [0, 0.05) is 13.7 Å². The van der Waals surface area contributed by atoms with E-state index in [2.05, 4.69) is 5.32 Å². The number of aliphatic carboxylic acids is 1. The molecular formula is C11H22N2O4. The maximum atomic E-state index is 11.6. The topological polar surface area (TPSA) is 102 Å². The van der Waals surface area contributed by atoms with Gasteiger partial charge in [-0.25, -0.2) is 4.79 Å². The highest BCUT2D eigenvalue weighted by molar-refractivity contribution is 5.83. The lowest BCUT2D eigenvalue weighted by atomic mass is 10.0. The third kappa shape index (κ3) is 6.91. The van der Waals surface area contributed by atoms with Crippen LogP contribution in [0.15, 0.2) is 0 Å². The Morgan fingerprint density at radius 2 is 2.00 bits per heavy atom. The van der Waals surface area contributed by atoms with E-state index in [1.807, 2.05) is 13.8 Å². The Morgan fingerprint density at radius 1 is 1.41 bits per heavy atom. The van der Waals surface area contributed by atoms with Gasteiger partial charge in [-0.05, 0) is 12.3 Å². The molecule has 100 valence electrons. The lowest BCUT2D eigenvalue weighted by molar-refractivity contribution is -0.142. The first-order valence-corrected chi connectivity index (χ1v) is 5.65. The number of hydrogen-bond acceptors (Lipinski definition) is 4. The van der Waals surface area contributed by atoms with Gasteiger partial charge in [0.15, 0.2) is 0 Å². The summed E-state index contributed by atoms with van der Waals surface area (Å²) in [4.78, 5) is 22.5. The lowest BCUT2D eigenvalue weighted by Crippen LogP contribution is -2.43. The van der Waals surface area contributed by atoms with Gasteiger partial charge in [0.25, 0.3) is 0 Å². The average Bonchev–Trinajstić information content (AvgIpc) is 2.24. The molecule has 0 rings (SSSR count). The first kappa shape index (κ1) is 15.9. The number of carbonyl (C=O) groups excluding carboxylic acids is 1. The number of ether oxygens (including phenoxy) is 1. The maximum Gasteiger partial charge on any atom is 0.326 e. The molecular weight excluding hydrogens is 224 g/mol. The SMILES string of the molecule is COC(CN)CC(=O)NC(CC(C)C)C(=O)O. The number of rotatable bonds is 8. The third-order valence-electron chi connectivity index (χ3n) is 2.35. The number of methoxy groups -OCH3 is 1. The molecule has 0 saturated carbocycles. The summed E-state index contributed by atoms with van der Waals surface area (Å²) < 4.78 is 4.96. The van der Waals surface area contributed by atoms with Crippen LogP contribution in [0.5, 0.6) is 0 Å². The predicted molar refractivity (Wildman–Crippen MR) is 63.5 cm³/mol. The number of nitrogens with two attached hydrogens (primary N) is 1. The van der Waals surface area contributed by atoms with Crippen LogP contribution in [-0.4, -0.2) is 42.8 Å². The maximum absolute atomic E-state index is 11.6. The Kier molecular flexibility index (Phi) is 7.49. The zero-order valence-electron chi connectivity index (χ0n) is 10.6. The smallest absolute Gasteiger partial charge is 0.326 e. The molecule has 0 bridgehead atoms. The van der Waals surface area contributed by atoms with Gasteiger partial charge in [0.05, 0.1) is 12.5 Å². The molecule has 0 fully saturated rings. The molecule has 0 aliphatic rings. The van der Waals surface area contributed by atoms with Gasteiger partial charge < -0.3 is 20.9 Å². The monoisotopic (exact) mass is 246 g/mol. The molecule has 17 heavy (non-hydrogen) atoms. The van der Waals surface area contributed by atoms with Gasteiger partial charge in [0.1, 0.15) is 6.04 Å². The van der Waals surface area contributed by atoms with Crippen molar-refractivity contribution in [1.29, 1.82) is 0 Å². The van der Waals surface area contributed by atoms with E-state index in [0.717, 1.165) is 0 Å². The molecule has 1 amide bonds. The minimum atomic E-state index is -1.02. The van der Waals surface area contributed by atoms with E-state index >= 15 is 0 Å². The Bertz CT molecular complexity index is 252. The molecule has 0 aromatic rings. The second-order valence-corrected chi connectivity index (χ2v) is 4.39. The normalized spacial score (nSPS) is 14.4. The highest BCUT2D eigenvalue weighted by Gasteiger charge is 2.22. The third-order valence-corrected chi connectivity index (χ3v) is 2.35. The Morgan fingerprint density at radius 3 is 2.35 bits per heavy atom. The van der Waals surface area contributed by atoms with Crippen molar-refractivity contribution >= 4 is 11.9 Å². The van der Waals surface area contributed by atoms with Crippen LogP contribution in [0.3, 0.4) is 0 Å². The molecule has 2 atom stereocenters. The molecule has 0 saturated heterocycles. The van der Waals surface area contributed by atoms with Crippen LogP contribution in [0, 0.1) is 5.92 Å². The van der Waals surface area contributed by atoms with Crippen LogP contribution in [-0.2, 0) is 14.3 Å². The first-order valence-electron chi connectivity index (χ1n) is 5.65. The Labute approximate surface area is 102 Å². The fourth-order valence-corrected chi connectivity index (χ4v) is 1.42. The minimum absolute atomic E-state index is 0.0782. The number of nitrogens with one attached hydrogen (secondary N) is 1. The number of carboxylic acids is 1. The average molecular weight is 246 g/mol. The zero-order valence-corrected chi connectivity index (χ0v) is 10.6. The summed E-state index contributed by atoms with van der Waals surface area (Å²) in [6, 6.07) is -0.849. The number of amides is 1. The lowest BCUT2D eigenvalue weighted by Gasteiger charge is -2.18. The molecule has 0 spiro atoms. The van der Waals surface area contributed by atoms with Crippen LogP contribution in [0.4, 0.5) is 0 Å². The summed E-state index contributed by atoms with van der Waals surface area (Å²) in [5.41, 5.74) is 5.38. The van der Waals surface area contributed by atoms with Gasteiger partial charge >= 0.3 is 5.97 Å². The largest absolute Gasteiger partial charge is 0.480 e. The van der Waals surface area contributed by atoms with Crippen molar-refractivity contribution in [3.05, 3.63) is 0 Å². The summed E-state index contributed by atoms with van der Waals surface area (Å²) in [7, 11) is 1.47. The Hall–Kier alpha value is -1.14. The van der Waals surface area contributed by atoms with Crippen LogP contribution < -0.4 is 11.1 Å². The summed E-state index contributed by atoms with van der Waals surface area (Å²) in [6.07, 6.45) is 0.111. The van der Waals surface area contributed by atoms with E-state index in [9.17, 15) is 9.59 Å². The van der Waals surface area contributed by atoms with Crippen LogP contribution in [0.25, 0.3) is 0 Å². The molecule has 6 heteroatoms. The number of carbonyl (C=O) groups is 2. The predicted octanol–water partition coefficient (Wildman–Crippen LogP) is -0.0343. The van der Waals surface area contributed by atoms with E-state index < -0.39 is 12.0 Å². The highest BCUT2D eigenvalue weighted by atomic mass is 16.5. The van der Waals surface area contributed by atoms with Crippen LogP contribution in [0.2, 0.25) is 0 Å². The quantitative estimate of drug-likeness (QED) is 0.558. The zero-order chi connectivity index (χ0) is 13.4. The van der Waals surface area contributed by atoms with Crippen molar-refractivity contribution in [2.45, 2.75) is 38.8 Å². The van der Waals surface area contributed by atoms with Crippen LogP contribution in [0.1, 0.15) is 26.7 Å². The van der Waals surface area contributed by atoms with Gasteiger partial charge in [-0.15, -0.1) is 0 Å². The van der Waals surface area contributed by atoms with E-state index in [0.29, 0.717) is 6.42 Å². The fraction of sp³-hybridized carbons (Fsp3) is 0.818. The number of hydrogen-bond donors (Lipinski definition) is 3. The molecule has 0 aromatic carbocycles. The van der Waals surface area contributed by atoms with E-state index in [4.69, 9.17) is 15.6 Å². The molecule has 0 aliphatic carbocycles. The van der Waals surface area contributed by atoms with Gasteiger partial charge in [-0.1, -0.05) is 13.8 Å². The second kappa shape index (κ2) is 8.03. The molecule has 0 aliphatic heterocycles. The van der Waals surface area contributed by atoms with Gasteiger partial charge in [0.2, 0.25) is 5.91 Å². The summed E-state index contributed by atoms with van der Waals surface area (Å²) >= 11 is 0. The van der Waals surface area contributed by atoms with E-state index in [1.165, 1.54) is 7.11 Å². The number of carboxylic acid groups (broad SMARTS) is 1. The molecule has 0 heterocycles. The summed E-state index contributed by atoms with van der Waals surface area (Å²) in [5, 5.41) is 11.4. The molecule has 6 nitrogen and oxygen atoms in total. The molecule has 2 unspecified atom stereocenters. The summed E-state index contributed by atoms with van der Waals surface area (Å²) in [5.74, 6) is -1.17. The second-order valence-electron chi connectivity index (χ2n) is 4.39. The van der Waals surface area contributed by atoms with Crippen molar-refractivity contribution in [2.75, 3.05) is 13.7 Å². The van der Waals surface area contributed by atoms with E-state index in [-0.39, 0.29) is 30.9 Å². The van der Waals surface area contributed by atoms with Gasteiger partial charge in [-0.2, -0.15) is 0 Å². The highest BCUT2D eigenvalue weighted by Crippen LogP contribution is 2.06. The van der Waals surface area contributed by atoms with Crippen LogP contribution >= 0.6 is 0 Å². The van der Waals surface area contributed by atoms with Crippen molar-refractivity contribution in [3.8, 4) is 0 Å². The molecule has 0 aromatic heterocycles.